The standard InChI is InChI=1S/C16H17N/c1-9-5-6-13-8-14-7-10(2)12(4)17-16(14)15(13)11(9)3/h5-7H,8H2,1-4H3. The highest BCUT2D eigenvalue weighted by Gasteiger charge is 2.22. The van der Waals surface area contributed by atoms with Crippen molar-refractivity contribution in [2.24, 2.45) is 0 Å². The number of hydrogen-bond acceptors (Lipinski definition) is 1. The molecule has 1 aliphatic rings. The maximum atomic E-state index is 4.80. The Morgan fingerprint density at radius 1 is 0.941 bits per heavy atom. The molecule has 2 aromatic rings. The SMILES string of the molecule is Cc1cc2c(nc1C)-c1c(ccc(C)c1C)C2. The summed E-state index contributed by atoms with van der Waals surface area (Å²) in [6, 6.07) is 6.77. The molecule has 1 nitrogen and oxygen atoms in total. The summed E-state index contributed by atoms with van der Waals surface area (Å²) >= 11 is 0. The van der Waals surface area contributed by atoms with Crippen molar-refractivity contribution in [1.29, 1.82) is 0 Å². The largest absolute Gasteiger partial charge is 0.253 e. The number of rotatable bonds is 0. The fourth-order valence-electron chi connectivity index (χ4n) is 2.67. The molecule has 1 aliphatic carbocycles. The number of hydrogen-bond donors (Lipinski definition) is 0. The van der Waals surface area contributed by atoms with Gasteiger partial charge in [0.25, 0.3) is 0 Å². The number of benzene rings is 1. The van der Waals surface area contributed by atoms with E-state index in [2.05, 4.69) is 45.9 Å². The van der Waals surface area contributed by atoms with Crippen LogP contribution in [0.2, 0.25) is 0 Å². The predicted octanol–water partition coefficient (Wildman–Crippen LogP) is 3.89. The second kappa shape index (κ2) is 3.43. The van der Waals surface area contributed by atoms with Crippen LogP contribution in [0.3, 0.4) is 0 Å². The summed E-state index contributed by atoms with van der Waals surface area (Å²) in [5.41, 5.74) is 10.6. The molecular weight excluding hydrogens is 206 g/mol. The van der Waals surface area contributed by atoms with Crippen LogP contribution in [0.4, 0.5) is 0 Å². The second-order valence-electron chi connectivity index (χ2n) is 5.12. The lowest BCUT2D eigenvalue weighted by atomic mass is 9.99. The van der Waals surface area contributed by atoms with Crippen LogP contribution in [0.15, 0.2) is 18.2 Å². The van der Waals surface area contributed by atoms with Crippen molar-refractivity contribution in [2.75, 3.05) is 0 Å². The van der Waals surface area contributed by atoms with Gasteiger partial charge in [0.1, 0.15) is 0 Å². The lowest BCUT2D eigenvalue weighted by molar-refractivity contribution is 1.13. The summed E-state index contributed by atoms with van der Waals surface area (Å²) in [6.45, 7) is 8.62. The number of aryl methyl sites for hydroxylation is 3. The van der Waals surface area contributed by atoms with Crippen LogP contribution in [0.1, 0.15) is 33.5 Å². The van der Waals surface area contributed by atoms with E-state index in [1.54, 1.807) is 0 Å². The topological polar surface area (TPSA) is 12.9 Å². The average molecular weight is 223 g/mol. The van der Waals surface area contributed by atoms with Crippen LogP contribution in [-0.4, -0.2) is 4.98 Å². The van der Waals surface area contributed by atoms with Crippen LogP contribution in [-0.2, 0) is 6.42 Å². The molecule has 17 heavy (non-hydrogen) atoms. The van der Waals surface area contributed by atoms with Gasteiger partial charge in [-0.3, -0.25) is 4.98 Å². The quantitative estimate of drug-likeness (QED) is 0.563. The molecule has 0 N–H and O–H groups in total. The van der Waals surface area contributed by atoms with Gasteiger partial charge in [-0.2, -0.15) is 0 Å². The van der Waals surface area contributed by atoms with E-state index in [4.69, 9.17) is 4.98 Å². The minimum absolute atomic E-state index is 1.04. The van der Waals surface area contributed by atoms with Crippen molar-refractivity contribution in [3.63, 3.8) is 0 Å². The highest BCUT2D eigenvalue weighted by Crippen LogP contribution is 2.39. The number of aromatic nitrogens is 1. The van der Waals surface area contributed by atoms with Crippen LogP contribution < -0.4 is 0 Å². The van der Waals surface area contributed by atoms with E-state index < -0.39 is 0 Å². The van der Waals surface area contributed by atoms with Gasteiger partial charge in [-0.05, 0) is 55.5 Å². The normalized spacial score (nSPS) is 12.5. The third-order valence-corrected chi connectivity index (χ3v) is 3.98. The van der Waals surface area contributed by atoms with Crippen LogP contribution >= 0.6 is 0 Å². The van der Waals surface area contributed by atoms with E-state index in [0.717, 1.165) is 12.1 Å². The molecule has 0 unspecified atom stereocenters. The first-order chi connectivity index (χ1) is 8.08. The molecule has 3 rings (SSSR count). The maximum Gasteiger partial charge on any atom is 0.0746 e. The molecule has 0 saturated carbocycles. The Morgan fingerprint density at radius 3 is 2.47 bits per heavy atom. The summed E-state index contributed by atoms with van der Waals surface area (Å²) in [6.07, 6.45) is 1.04. The second-order valence-corrected chi connectivity index (χ2v) is 5.12. The van der Waals surface area contributed by atoms with Crippen molar-refractivity contribution in [3.05, 3.63) is 51.7 Å². The summed E-state index contributed by atoms with van der Waals surface area (Å²) < 4.78 is 0. The van der Waals surface area contributed by atoms with E-state index in [9.17, 15) is 0 Å². The summed E-state index contributed by atoms with van der Waals surface area (Å²) in [4.78, 5) is 4.80. The molecule has 0 spiro atoms. The zero-order valence-corrected chi connectivity index (χ0v) is 10.9. The number of nitrogens with zero attached hydrogens (tertiary/aromatic N) is 1. The van der Waals surface area contributed by atoms with E-state index in [0.29, 0.717) is 0 Å². The molecule has 0 atom stereocenters. The first-order valence-electron chi connectivity index (χ1n) is 6.14. The molecular formula is C16H17N. The molecule has 0 saturated heterocycles. The summed E-state index contributed by atoms with van der Waals surface area (Å²) in [7, 11) is 0. The van der Waals surface area contributed by atoms with E-state index in [-0.39, 0.29) is 0 Å². The van der Waals surface area contributed by atoms with Crippen molar-refractivity contribution < 1.29 is 0 Å². The van der Waals surface area contributed by atoms with Gasteiger partial charge in [-0.1, -0.05) is 18.2 Å². The smallest absolute Gasteiger partial charge is 0.0746 e. The Hall–Kier alpha value is -1.63. The fourth-order valence-corrected chi connectivity index (χ4v) is 2.67. The molecule has 86 valence electrons. The molecule has 1 aromatic heterocycles. The first kappa shape index (κ1) is 10.5. The zero-order valence-electron chi connectivity index (χ0n) is 10.9. The lowest BCUT2D eigenvalue weighted by Gasteiger charge is -2.09. The monoisotopic (exact) mass is 223 g/mol. The van der Waals surface area contributed by atoms with Crippen LogP contribution in [0.25, 0.3) is 11.3 Å². The Kier molecular flexibility index (Phi) is 2.12. The van der Waals surface area contributed by atoms with Gasteiger partial charge in [-0.25, -0.2) is 0 Å². The van der Waals surface area contributed by atoms with Crippen molar-refractivity contribution in [1.82, 2.24) is 4.98 Å². The molecule has 1 heteroatoms. The third-order valence-electron chi connectivity index (χ3n) is 3.98. The minimum Gasteiger partial charge on any atom is -0.253 e. The van der Waals surface area contributed by atoms with Crippen molar-refractivity contribution in [3.8, 4) is 11.3 Å². The highest BCUT2D eigenvalue weighted by molar-refractivity contribution is 5.77. The molecule has 1 aromatic carbocycles. The third kappa shape index (κ3) is 1.42. The number of fused-ring (bicyclic) bond motifs is 3. The average Bonchev–Trinajstić information content (AvgIpc) is 2.63. The fraction of sp³-hybridized carbons (Fsp3) is 0.312. The number of pyridine rings is 1. The van der Waals surface area contributed by atoms with E-state index in [1.165, 1.54) is 39.1 Å². The van der Waals surface area contributed by atoms with Gasteiger partial charge < -0.3 is 0 Å². The van der Waals surface area contributed by atoms with Gasteiger partial charge in [0.15, 0.2) is 0 Å². The van der Waals surface area contributed by atoms with Crippen molar-refractivity contribution >= 4 is 0 Å². The van der Waals surface area contributed by atoms with Crippen LogP contribution in [0, 0.1) is 27.7 Å². The van der Waals surface area contributed by atoms with E-state index in [1.807, 2.05) is 0 Å². The lowest BCUT2D eigenvalue weighted by Crippen LogP contribution is -1.93. The van der Waals surface area contributed by atoms with E-state index >= 15 is 0 Å². The Bertz CT molecular complexity index is 624. The van der Waals surface area contributed by atoms with Gasteiger partial charge in [-0.15, -0.1) is 0 Å². The van der Waals surface area contributed by atoms with Gasteiger partial charge in [0.05, 0.1) is 5.69 Å². The van der Waals surface area contributed by atoms with Gasteiger partial charge in [0.2, 0.25) is 0 Å². The summed E-state index contributed by atoms with van der Waals surface area (Å²) in [5.74, 6) is 0. The van der Waals surface area contributed by atoms with Gasteiger partial charge >= 0.3 is 0 Å². The maximum absolute atomic E-state index is 4.80. The Morgan fingerprint density at radius 2 is 1.71 bits per heavy atom. The minimum atomic E-state index is 1.04. The van der Waals surface area contributed by atoms with Crippen molar-refractivity contribution in [2.45, 2.75) is 34.1 Å². The molecule has 0 bridgehead atoms. The summed E-state index contributed by atoms with van der Waals surface area (Å²) in [5, 5.41) is 0. The Labute approximate surface area is 103 Å². The predicted molar refractivity (Wildman–Crippen MR) is 71.4 cm³/mol. The van der Waals surface area contributed by atoms with Crippen LogP contribution in [0.5, 0.6) is 0 Å². The first-order valence-corrected chi connectivity index (χ1v) is 6.14. The molecule has 0 amide bonds. The molecule has 0 radical (unpaired) electrons. The van der Waals surface area contributed by atoms with Gasteiger partial charge in [0, 0.05) is 17.7 Å². The molecule has 1 heterocycles. The highest BCUT2D eigenvalue weighted by atomic mass is 14.7. The zero-order chi connectivity index (χ0) is 12.2. The Balaban J connectivity index is 2.33. The molecule has 0 aliphatic heterocycles. The molecule has 0 fully saturated rings.